The smallest absolute Gasteiger partial charge is 0.266 e. The maximum atomic E-state index is 13.2. The lowest BCUT2D eigenvalue weighted by molar-refractivity contribution is -0.122. The van der Waals surface area contributed by atoms with Crippen molar-refractivity contribution in [1.29, 1.82) is 0 Å². The van der Waals surface area contributed by atoms with Gasteiger partial charge in [0.1, 0.15) is 15.0 Å². The number of thioether (sulfide) groups is 1. The number of carbonyl (C=O) groups is 1. The first-order chi connectivity index (χ1) is 14.6. The number of pyridine rings is 1. The molecule has 3 heterocycles. The molecule has 0 radical (unpaired) electrons. The lowest BCUT2D eigenvalue weighted by atomic mass is 10.2. The first-order valence-corrected chi connectivity index (χ1v) is 11.1. The van der Waals surface area contributed by atoms with Gasteiger partial charge in [0.25, 0.3) is 11.5 Å². The summed E-state index contributed by atoms with van der Waals surface area (Å²) in [5, 5.41) is 0.541. The van der Waals surface area contributed by atoms with Crippen molar-refractivity contribution < 1.29 is 9.53 Å². The van der Waals surface area contributed by atoms with Gasteiger partial charge in [-0.05, 0) is 30.3 Å². The first kappa shape index (κ1) is 20.8. The number of fused-ring (bicyclic) bond motifs is 1. The zero-order valence-electron chi connectivity index (χ0n) is 16.0. The lowest BCUT2D eigenvalue weighted by Crippen LogP contribution is -2.31. The summed E-state index contributed by atoms with van der Waals surface area (Å²) in [5.74, 6) is -0.227. The van der Waals surface area contributed by atoms with Gasteiger partial charge >= 0.3 is 0 Å². The van der Waals surface area contributed by atoms with Gasteiger partial charge in [-0.3, -0.25) is 18.9 Å². The Hall–Kier alpha value is -2.46. The monoisotopic (exact) mass is 455 g/mol. The highest BCUT2D eigenvalue weighted by atomic mass is 32.2. The Bertz CT molecular complexity index is 1210. The number of amides is 1. The van der Waals surface area contributed by atoms with E-state index in [2.05, 4.69) is 4.98 Å². The van der Waals surface area contributed by atoms with Crippen LogP contribution in [0.3, 0.4) is 0 Å². The molecule has 0 spiro atoms. The Morgan fingerprint density at radius 2 is 1.93 bits per heavy atom. The molecule has 1 aliphatic rings. The zero-order chi connectivity index (χ0) is 21.1. The van der Waals surface area contributed by atoms with Crippen molar-refractivity contribution >= 4 is 57.7 Å². The summed E-state index contributed by atoms with van der Waals surface area (Å²) in [6.07, 6.45) is 3.27. The van der Waals surface area contributed by atoms with Crippen molar-refractivity contribution in [3.05, 3.63) is 75.6 Å². The molecule has 1 amide bonds. The van der Waals surface area contributed by atoms with Crippen LogP contribution in [-0.2, 0) is 9.53 Å². The molecule has 3 aromatic rings. The Labute approximate surface area is 186 Å². The topological polar surface area (TPSA) is 63.9 Å². The number of hydrogen-bond donors (Lipinski definition) is 0. The van der Waals surface area contributed by atoms with Crippen LogP contribution in [0.1, 0.15) is 5.56 Å². The summed E-state index contributed by atoms with van der Waals surface area (Å²) in [5.41, 5.74) is 0.673. The first-order valence-electron chi connectivity index (χ1n) is 9.07. The van der Waals surface area contributed by atoms with Crippen LogP contribution in [0.2, 0.25) is 0 Å². The molecule has 1 fully saturated rings. The molecule has 4 rings (SSSR count). The third-order valence-electron chi connectivity index (χ3n) is 4.36. The van der Waals surface area contributed by atoms with Crippen molar-refractivity contribution in [3.63, 3.8) is 0 Å². The van der Waals surface area contributed by atoms with E-state index in [0.29, 0.717) is 38.6 Å². The van der Waals surface area contributed by atoms with Crippen molar-refractivity contribution in [1.82, 2.24) is 14.3 Å². The molecular weight excluding hydrogens is 438 g/mol. The lowest BCUT2D eigenvalue weighted by Gasteiger charge is -2.13. The molecular formula is C21H17N3O3S3. The van der Waals surface area contributed by atoms with E-state index < -0.39 is 0 Å². The molecule has 0 atom stereocenters. The van der Waals surface area contributed by atoms with Gasteiger partial charge < -0.3 is 4.74 Å². The summed E-state index contributed by atoms with van der Waals surface area (Å²) in [7, 11) is 1.57. The van der Waals surface area contributed by atoms with Gasteiger partial charge in [0, 0.05) is 18.2 Å². The third-order valence-corrected chi connectivity index (χ3v) is 6.75. The molecule has 0 aliphatic carbocycles. The summed E-state index contributed by atoms with van der Waals surface area (Å²) < 4.78 is 6.99. The summed E-state index contributed by atoms with van der Waals surface area (Å²) in [6, 6.07) is 15.1. The quantitative estimate of drug-likeness (QED) is 0.319. The van der Waals surface area contributed by atoms with Gasteiger partial charge in [0.15, 0.2) is 0 Å². The number of methoxy groups -OCH3 is 1. The van der Waals surface area contributed by atoms with Crippen LogP contribution in [0.5, 0.6) is 0 Å². The van der Waals surface area contributed by atoms with E-state index in [1.807, 2.05) is 36.4 Å². The minimum Gasteiger partial charge on any atom is -0.383 e. The summed E-state index contributed by atoms with van der Waals surface area (Å²) in [4.78, 5) is 33.6. The number of carbonyl (C=O) groups excluding carboxylic acids is 1. The van der Waals surface area contributed by atoms with Crippen LogP contribution in [0.4, 0.5) is 0 Å². The highest BCUT2D eigenvalue weighted by Crippen LogP contribution is 2.34. The Balaban J connectivity index is 1.81. The minimum atomic E-state index is -0.235. The fourth-order valence-electron chi connectivity index (χ4n) is 2.89. The molecule has 0 unspecified atom stereocenters. The summed E-state index contributed by atoms with van der Waals surface area (Å²) in [6.45, 7) is 0.758. The second kappa shape index (κ2) is 9.13. The van der Waals surface area contributed by atoms with Gasteiger partial charge in [-0.15, -0.1) is 0 Å². The second-order valence-corrected chi connectivity index (χ2v) is 9.04. The van der Waals surface area contributed by atoms with Crippen molar-refractivity contribution in [2.45, 2.75) is 9.92 Å². The summed E-state index contributed by atoms with van der Waals surface area (Å²) >= 11 is 7.91. The Kier molecular flexibility index (Phi) is 6.33. The molecule has 6 nitrogen and oxygen atoms in total. The van der Waals surface area contributed by atoms with Gasteiger partial charge in [-0.1, -0.05) is 60.0 Å². The molecule has 1 saturated heterocycles. The molecule has 0 N–H and O–H groups in total. The third kappa shape index (κ3) is 4.20. The van der Waals surface area contributed by atoms with Crippen LogP contribution in [0, 0.1) is 0 Å². The van der Waals surface area contributed by atoms with Crippen LogP contribution in [-0.4, -0.2) is 44.8 Å². The van der Waals surface area contributed by atoms with Crippen LogP contribution in [0.25, 0.3) is 11.7 Å². The largest absolute Gasteiger partial charge is 0.383 e. The van der Waals surface area contributed by atoms with Gasteiger partial charge in [0.2, 0.25) is 0 Å². The predicted octanol–water partition coefficient (Wildman–Crippen LogP) is 3.69. The number of aromatic nitrogens is 2. The van der Waals surface area contributed by atoms with E-state index in [4.69, 9.17) is 17.0 Å². The van der Waals surface area contributed by atoms with E-state index in [0.717, 1.165) is 4.90 Å². The molecule has 9 heteroatoms. The maximum Gasteiger partial charge on any atom is 0.266 e. The Morgan fingerprint density at radius 3 is 2.70 bits per heavy atom. The standard InChI is InChI=1S/C21H17N3O3S3/c1-27-12-11-24-20(26)16(30-21(24)28)13-15-18(29-14-7-3-2-4-8-14)22-17-9-5-6-10-23(17)19(15)25/h2-10,13H,11-12H2,1H3. The van der Waals surface area contributed by atoms with Gasteiger partial charge in [-0.2, -0.15) is 0 Å². The van der Waals surface area contributed by atoms with Gasteiger partial charge in [-0.25, -0.2) is 4.98 Å². The highest BCUT2D eigenvalue weighted by molar-refractivity contribution is 8.26. The van der Waals surface area contributed by atoms with Crippen LogP contribution >= 0.6 is 35.7 Å². The van der Waals surface area contributed by atoms with E-state index in [9.17, 15) is 9.59 Å². The maximum absolute atomic E-state index is 13.2. The highest BCUT2D eigenvalue weighted by Gasteiger charge is 2.32. The fourth-order valence-corrected chi connectivity index (χ4v) is 5.09. The molecule has 30 heavy (non-hydrogen) atoms. The van der Waals surface area contributed by atoms with E-state index in [-0.39, 0.29) is 11.5 Å². The van der Waals surface area contributed by atoms with Crippen molar-refractivity contribution in [3.8, 4) is 0 Å². The van der Waals surface area contributed by atoms with E-state index in [1.165, 1.54) is 32.8 Å². The van der Waals surface area contributed by atoms with Crippen LogP contribution < -0.4 is 5.56 Å². The number of benzene rings is 1. The number of ether oxygens (including phenoxy) is 1. The molecule has 0 saturated carbocycles. The molecule has 0 bridgehead atoms. The normalized spacial score (nSPS) is 15.5. The molecule has 2 aromatic heterocycles. The second-order valence-electron chi connectivity index (χ2n) is 6.31. The fraction of sp³-hybridized carbons (Fsp3) is 0.143. The average Bonchev–Trinajstić information content (AvgIpc) is 3.02. The number of nitrogens with zero attached hydrogens (tertiary/aromatic N) is 3. The SMILES string of the molecule is COCCN1C(=O)C(=Cc2c(Sc3ccccc3)nc3ccccn3c2=O)SC1=S. The van der Waals surface area contributed by atoms with Crippen LogP contribution in [0.15, 0.2) is 74.3 Å². The Morgan fingerprint density at radius 1 is 1.17 bits per heavy atom. The number of rotatable bonds is 6. The van der Waals surface area contributed by atoms with E-state index in [1.54, 1.807) is 31.5 Å². The molecule has 1 aliphatic heterocycles. The van der Waals surface area contributed by atoms with Crippen molar-refractivity contribution in [2.24, 2.45) is 0 Å². The molecule has 152 valence electrons. The van der Waals surface area contributed by atoms with E-state index >= 15 is 0 Å². The zero-order valence-corrected chi connectivity index (χ0v) is 18.4. The van der Waals surface area contributed by atoms with Crippen molar-refractivity contribution in [2.75, 3.05) is 20.3 Å². The number of hydrogen-bond acceptors (Lipinski definition) is 7. The predicted molar refractivity (Wildman–Crippen MR) is 124 cm³/mol. The van der Waals surface area contributed by atoms with Gasteiger partial charge in [0.05, 0.1) is 23.6 Å². The molecule has 1 aromatic carbocycles. The number of thiocarbonyl (C=S) groups is 1. The average molecular weight is 456 g/mol. The minimum absolute atomic E-state index is 0.227.